The van der Waals surface area contributed by atoms with Crippen LogP contribution >= 0.6 is 0 Å². The number of rotatable bonds is 1. The normalized spacial score (nSPS) is 49.5. The zero-order valence-electron chi connectivity index (χ0n) is 11.6. The Morgan fingerprint density at radius 3 is 2.11 bits per heavy atom. The zero-order valence-corrected chi connectivity index (χ0v) is 11.6. The molecule has 0 aliphatic carbocycles. The molecule has 3 rings (SSSR count). The highest BCUT2D eigenvalue weighted by Gasteiger charge is 2.57. The molecule has 18 heavy (non-hydrogen) atoms. The first-order valence-electron chi connectivity index (χ1n) is 6.60. The minimum atomic E-state index is -0.541. The number of hydrogen-bond donors (Lipinski definition) is 0. The standard InChI is InChI=1S/C13H22O5/c1-7-9-11(18-13(4,5)17-9)10(15-7)8-6-14-12(2,3)16-8/h7-11H,6H2,1-5H3. The van der Waals surface area contributed by atoms with Crippen LogP contribution in [0.2, 0.25) is 0 Å². The highest BCUT2D eigenvalue weighted by atomic mass is 16.8. The molecule has 3 heterocycles. The van der Waals surface area contributed by atoms with Crippen LogP contribution in [0.5, 0.6) is 0 Å². The molecular weight excluding hydrogens is 236 g/mol. The van der Waals surface area contributed by atoms with Crippen molar-refractivity contribution in [3.8, 4) is 0 Å². The summed E-state index contributed by atoms with van der Waals surface area (Å²) in [6.45, 7) is 10.3. The number of hydrogen-bond acceptors (Lipinski definition) is 5. The lowest BCUT2D eigenvalue weighted by Crippen LogP contribution is -2.40. The van der Waals surface area contributed by atoms with Crippen LogP contribution in [0.1, 0.15) is 34.6 Å². The van der Waals surface area contributed by atoms with E-state index in [1.54, 1.807) is 0 Å². The maximum absolute atomic E-state index is 5.95. The van der Waals surface area contributed by atoms with Crippen molar-refractivity contribution >= 4 is 0 Å². The fourth-order valence-electron chi connectivity index (χ4n) is 3.01. The van der Waals surface area contributed by atoms with Crippen molar-refractivity contribution in [2.45, 2.75) is 76.7 Å². The average Bonchev–Trinajstić information content (AvgIpc) is 2.81. The smallest absolute Gasteiger partial charge is 0.164 e. The Kier molecular flexibility index (Phi) is 2.78. The lowest BCUT2D eigenvalue weighted by Gasteiger charge is -2.26. The molecular formula is C13H22O5. The highest BCUT2D eigenvalue weighted by molar-refractivity contribution is 5.00. The van der Waals surface area contributed by atoms with Crippen LogP contribution in [-0.2, 0) is 23.7 Å². The lowest BCUT2D eigenvalue weighted by molar-refractivity contribution is -0.204. The van der Waals surface area contributed by atoms with E-state index in [9.17, 15) is 0 Å². The monoisotopic (exact) mass is 258 g/mol. The van der Waals surface area contributed by atoms with Gasteiger partial charge < -0.3 is 23.7 Å². The Morgan fingerprint density at radius 2 is 1.50 bits per heavy atom. The maximum Gasteiger partial charge on any atom is 0.164 e. The van der Waals surface area contributed by atoms with Crippen molar-refractivity contribution in [3.05, 3.63) is 0 Å². The summed E-state index contributed by atoms with van der Waals surface area (Å²) in [5, 5.41) is 0. The van der Waals surface area contributed by atoms with Crippen LogP contribution in [0.15, 0.2) is 0 Å². The van der Waals surface area contributed by atoms with Crippen LogP contribution in [-0.4, -0.2) is 48.7 Å². The van der Waals surface area contributed by atoms with Gasteiger partial charge in [-0.3, -0.25) is 0 Å². The molecule has 5 nitrogen and oxygen atoms in total. The van der Waals surface area contributed by atoms with Crippen LogP contribution in [0.25, 0.3) is 0 Å². The molecule has 5 atom stereocenters. The first-order valence-corrected chi connectivity index (χ1v) is 6.60. The van der Waals surface area contributed by atoms with E-state index in [0.717, 1.165) is 0 Å². The summed E-state index contributed by atoms with van der Waals surface area (Å²) in [5.41, 5.74) is 0. The van der Waals surface area contributed by atoms with Gasteiger partial charge in [-0.15, -0.1) is 0 Å². The van der Waals surface area contributed by atoms with Gasteiger partial charge in [0.25, 0.3) is 0 Å². The minimum Gasteiger partial charge on any atom is -0.367 e. The molecule has 0 radical (unpaired) electrons. The van der Waals surface area contributed by atoms with Crippen molar-refractivity contribution in [1.82, 2.24) is 0 Å². The van der Waals surface area contributed by atoms with Crippen molar-refractivity contribution in [2.24, 2.45) is 0 Å². The maximum atomic E-state index is 5.95. The fraction of sp³-hybridized carbons (Fsp3) is 1.00. The average molecular weight is 258 g/mol. The summed E-state index contributed by atoms with van der Waals surface area (Å²) >= 11 is 0. The van der Waals surface area contributed by atoms with Gasteiger partial charge in [-0.1, -0.05) is 0 Å². The van der Waals surface area contributed by atoms with E-state index in [2.05, 4.69) is 0 Å². The van der Waals surface area contributed by atoms with Gasteiger partial charge in [0, 0.05) is 0 Å². The second kappa shape index (κ2) is 3.90. The highest BCUT2D eigenvalue weighted by Crippen LogP contribution is 2.41. The van der Waals surface area contributed by atoms with Gasteiger partial charge in [-0.2, -0.15) is 0 Å². The number of fused-ring (bicyclic) bond motifs is 1. The number of ether oxygens (including phenoxy) is 5. The van der Waals surface area contributed by atoms with Gasteiger partial charge >= 0.3 is 0 Å². The van der Waals surface area contributed by atoms with Crippen LogP contribution in [0.3, 0.4) is 0 Å². The molecule has 5 unspecified atom stereocenters. The molecule has 0 aromatic carbocycles. The molecule has 0 aromatic heterocycles. The van der Waals surface area contributed by atoms with Gasteiger partial charge in [0.05, 0.1) is 12.7 Å². The lowest BCUT2D eigenvalue weighted by atomic mass is 10.1. The van der Waals surface area contributed by atoms with Gasteiger partial charge in [0.15, 0.2) is 11.6 Å². The van der Waals surface area contributed by atoms with Crippen LogP contribution in [0, 0.1) is 0 Å². The first kappa shape index (κ1) is 12.8. The largest absolute Gasteiger partial charge is 0.367 e. The van der Waals surface area contributed by atoms with E-state index >= 15 is 0 Å². The van der Waals surface area contributed by atoms with Crippen LogP contribution in [0.4, 0.5) is 0 Å². The third-order valence-electron chi connectivity index (χ3n) is 3.72. The predicted octanol–water partition coefficient (Wildman–Crippen LogP) is 1.45. The molecule has 5 heteroatoms. The predicted molar refractivity (Wildman–Crippen MR) is 63.1 cm³/mol. The second-order valence-electron chi connectivity index (χ2n) is 6.24. The third kappa shape index (κ3) is 2.08. The third-order valence-corrected chi connectivity index (χ3v) is 3.72. The summed E-state index contributed by atoms with van der Waals surface area (Å²) in [6.07, 6.45) is -0.271. The molecule has 0 spiro atoms. The quantitative estimate of drug-likeness (QED) is 0.712. The van der Waals surface area contributed by atoms with Crippen molar-refractivity contribution in [2.75, 3.05) is 6.61 Å². The van der Waals surface area contributed by atoms with E-state index in [4.69, 9.17) is 23.7 Å². The molecule has 3 aliphatic heterocycles. The van der Waals surface area contributed by atoms with Crippen LogP contribution < -0.4 is 0 Å². The van der Waals surface area contributed by atoms with E-state index in [0.29, 0.717) is 6.61 Å². The molecule has 0 bridgehead atoms. The second-order valence-corrected chi connectivity index (χ2v) is 6.24. The van der Waals surface area contributed by atoms with E-state index in [1.165, 1.54) is 0 Å². The summed E-state index contributed by atoms with van der Waals surface area (Å²) in [4.78, 5) is 0. The molecule has 0 N–H and O–H groups in total. The van der Waals surface area contributed by atoms with Gasteiger partial charge in [-0.25, -0.2) is 0 Å². The SMILES string of the molecule is CC1OC(C2COC(C)(C)O2)C2OC(C)(C)OC12. The zero-order chi connectivity index (χ0) is 13.1. The Labute approximate surface area is 108 Å². The molecule has 0 amide bonds. The van der Waals surface area contributed by atoms with E-state index in [1.807, 2.05) is 34.6 Å². The summed E-state index contributed by atoms with van der Waals surface area (Å²) in [6, 6.07) is 0. The van der Waals surface area contributed by atoms with Gasteiger partial charge in [0.1, 0.15) is 24.4 Å². The minimum absolute atomic E-state index is 0.0164. The fourth-order valence-corrected chi connectivity index (χ4v) is 3.01. The summed E-state index contributed by atoms with van der Waals surface area (Å²) < 4.78 is 29.3. The molecule has 3 fully saturated rings. The molecule has 3 saturated heterocycles. The Morgan fingerprint density at radius 1 is 0.833 bits per heavy atom. The molecule has 104 valence electrons. The Bertz CT molecular complexity index is 340. The Hall–Kier alpha value is -0.200. The van der Waals surface area contributed by atoms with Gasteiger partial charge in [0.2, 0.25) is 0 Å². The topological polar surface area (TPSA) is 46.2 Å². The first-order chi connectivity index (χ1) is 8.27. The summed E-state index contributed by atoms with van der Waals surface area (Å²) in [7, 11) is 0. The van der Waals surface area contributed by atoms with Crippen molar-refractivity contribution in [1.29, 1.82) is 0 Å². The van der Waals surface area contributed by atoms with Crippen molar-refractivity contribution < 1.29 is 23.7 Å². The summed E-state index contributed by atoms with van der Waals surface area (Å²) in [5.74, 6) is -1.08. The molecule has 0 aromatic rings. The Balaban J connectivity index is 1.75. The van der Waals surface area contributed by atoms with Gasteiger partial charge in [-0.05, 0) is 34.6 Å². The van der Waals surface area contributed by atoms with E-state index < -0.39 is 11.6 Å². The molecule has 0 saturated carbocycles. The van der Waals surface area contributed by atoms with Crippen molar-refractivity contribution in [3.63, 3.8) is 0 Å². The molecule has 3 aliphatic rings. The van der Waals surface area contributed by atoms with E-state index in [-0.39, 0.29) is 30.5 Å².